The van der Waals surface area contributed by atoms with Crippen molar-refractivity contribution in [2.24, 2.45) is 0 Å². The molecule has 2 heterocycles. The number of aryl methyl sites for hydroxylation is 1. The van der Waals surface area contributed by atoms with E-state index in [0.717, 1.165) is 30.8 Å². The third kappa shape index (κ3) is 5.36. The molecule has 0 atom stereocenters. The number of anilines is 1. The van der Waals surface area contributed by atoms with Crippen molar-refractivity contribution in [2.75, 3.05) is 18.4 Å². The zero-order valence-corrected chi connectivity index (χ0v) is 15.8. The Morgan fingerprint density at radius 1 is 1.27 bits per heavy atom. The summed E-state index contributed by atoms with van der Waals surface area (Å²) in [6.45, 7) is 3.29. The SMILES string of the molecule is Cc1cccc(Cc2nnc(NC(=O)CCN3CCCCCC3=O)s2)c1. The lowest BCUT2D eigenvalue weighted by Gasteiger charge is -2.19. The lowest BCUT2D eigenvalue weighted by molar-refractivity contribution is -0.131. The molecule has 6 nitrogen and oxygen atoms in total. The summed E-state index contributed by atoms with van der Waals surface area (Å²) < 4.78 is 0. The van der Waals surface area contributed by atoms with Crippen molar-refractivity contribution in [3.63, 3.8) is 0 Å². The molecule has 1 fully saturated rings. The number of hydrogen-bond donors (Lipinski definition) is 1. The van der Waals surface area contributed by atoms with Crippen LogP contribution in [-0.4, -0.2) is 40.0 Å². The summed E-state index contributed by atoms with van der Waals surface area (Å²) in [6, 6.07) is 8.27. The minimum atomic E-state index is -0.125. The number of hydrogen-bond acceptors (Lipinski definition) is 5. The molecule has 26 heavy (non-hydrogen) atoms. The summed E-state index contributed by atoms with van der Waals surface area (Å²) in [5.41, 5.74) is 2.39. The lowest BCUT2D eigenvalue weighted by atomic mass is 10.1. The molecule has 1 aliphatic heterocycles. The second-order valence-electron chi connectivity index (χ2n) is 6.66. The Balaban J connectivity index is 1.48. The van der Waals surface area contributed by atoms with Gasteiger partial charge in [0.25, 0.3) is 0 Å². The summed E-state index contributed by atoms with van der Waals surface area (Å²) >= 11 is 1.39. The minimum Gasteiger partial charge on any atom is -0.342 e. The van der Waals surface area contributed by atoms with E-state index in [2.05, 4.69) is 40.6 Å². The van der Waals surface area contributed by atoms with Crippen molar-refractivity contribution in [2.45, 2.75) is 45.4 Å². The van der Waals surface area contributed by atoms with Crippen molar-refractivity contribution >= 4 is 28.3 Å². The van der Waals surface area contributed by atoms with Gasteiger partial charge in [-0.15, -0.1) is 10.2 Å². The van der Waals surface area contributed by atoms with Crippen molar-refractivity contribution < 1.29 is 9.59 Å². The van der Waals surface area contributed by atoms with Gasteiger partial charge in [-0.2, -0.15) is 0 Å². The second-order valence-corrected chi connectivity index (χ2v) is 7.72. The number of carbonyl (C=O) groups excluding carboxylic acids is 2. The highest BCUT2D eigenvalue weighted by molar-refractivity contribution is 7.15. The standard InChI is InChI=1S/C19H24N4O2S/c1-14-6-5-7-15(12-14)13-17-21-22-19(26-17)20-16(24)9-11-23-10-4-2-3-8-18(23)25/h5-7,12H,2-4,8-11,13H2,1H3,(H,20,22,24). The number of likely N-dealkylation sites (tertiary alicyclic amines) is 1. The first kappa shape index (κ1) is 18.5. The highest BCUT2D eigenvalue weighted by Gasteiger charge is 2.17. The van der Waals surface area contributed by atoms with Gasteiger partial charge < -0.3 is 10.2 Å². The van der Waals surface area contributed by atoms with E-state index in [-0.39, 0.29) is 11.8 Å². The Labute approximate surface area is 157 Å². The average molecular weight is 372 g/mol. The smallest absolute Gasteiger partial charge is 0.227 e. The van der Waals surface area contributed by atoms with Gasteiger partial charge in [-0.05, 0) is 25.3 Å². The summed E-state index contributed by atoms with van der Waals surface area (Å²) in [5.74, 6) is 0.0342. The highest BCUT2D eigenvalue weighted by Crippen LogP contribution is 2.19. The topological polar surface area (TPSA) is 75.2 Å². The molecule has 0 saturated carbocycles. The number of carbonyl (C=O) groups is 2. The highest BCUT2D eigenvalue weighted by atomic mass is 32.1. The van der Waals surface area contributed by atoms with Gasteiger partial charge in [0.05, 0.1) is 0 Å². The molecule has 138 valence electrons. The average Bonchev–Trinajstić information content (AvgIpc) is 2.92. The zero-order chi connectivity index (χ0) is 18.4. The third-order valence-electron chi connectivity index (χ3n) is 4.43. The first-order valence-electron chi connectivity index (χ1n) is 9.06. The van der Waals surface area contributed by atoms with Gasteiger partial charge in [-0.25, -0.2) is 0 Å². The maximum atomic E-state index is 12.1. The van der Waals surface area contributed by atoms with Crippen LogP contribution in [0.25, 0.3) is 0 Å². The Hall–Kier alpha value is -2.28. The number of nitrogens with one attached hydrogen (secondary N) is 1. The molecular formula is C19H24N4O2S. The van der Waals surface area contributed by atoms with E-state index in [0.29, 0.717) is 30.9 Å². The normalized spacial score (nSPS) is 15.0. The van der Waals surface area contributed by atoms with Gasteiger partial charge in [-0.1, -0.05) is 47.6 Å². The van der Waals surface area contributed by atoms with E-state index in [9.17, 15) is 9.59 Å². The first-order chi connectivity index (χ1) is 12.6. The number of aromatic nitrogens is 2. The predicted molar refractivity (Wildman–Crippen MR) is 102 cm³/mol. The molecule has 0 aliphatic carbocycles. The zero-order valence-electron chi connectivity index (χ0n) is 15.0. The Kier molecular flexibility index (Phi) is 6.33. The number of benzene rings is 1. The predicted octanol–water partition coefficient (Wildman–Crippen LogP) is 3.17. The molecule has 2 aromatic rings. The van der Waals surface area contributed by atoms with E-state index in [4.69, 9.17) is 0 Å². The van der Waals surface area contributed by atoms with Gasteiger partial charge in [0.1, 0.15) is 5.01 Å². The van der Waals surface area contributed by atoms with E-state index in [1.807, 2.05) is 6.07 Å². The molecule has 3 rings (SSSR count). The molecule has 1 N–H and O–H groups in total. The monoisotopic (exact) mass is 372 g/mol. The van der Waals surface area contributed by atoms with Gasteiger partial charge in [0.15, 0.2) is 0 Å². The fourth-order valence-electron chi connectivity index (χ4n) is 3.07. The van der Waals surface area contributed by atoms with Crippen molar-refractivity contribution in [3.05, 3.63) is 40.4 Å². The number of amides is 2. The van der Waals surface area contributed by atoms with Gasteiger partial charge in [-0.3, -0.25) is 9.59 Å². The van der Waals surface area contributed by atoms with Crippen LogP contribution < -0.4 is 5.32 Å². The minimum absolute atomic E-state index is 0.125. The third-order valence-corrected chi connectivity index (χ3v) is 5.27. The maximum Gasteiger partial charge on any atom is 0.227 e. The van der Waals surface area contributed by atoms with E-state index < -0.39 is 0 Å². The number of rotatable bonds is 6. The van der Waals surface area contributed by atoms with Crippen LogP contribution >= 0.6 is 11.3 Å². The van der Waals surface area contributed by atoms with Crippen molar-refractivity contribution in [3.8, 4) is 0 Å². The Morgan fingerprint density at radius 3 is 3.00 bits per heavy atom. The van der Waals surface area contributed by atoms with Crippen LogP contribution in [0, 0.1) is 6.92 Å². The van der Waals surface area contributed by atoms with Gasteiger partial charge in [0.2, 0.25) is 16.9 Å². The molecule has 0 unspecified atom stereocenters. The van der Waals surface area contributed by atoms with Crippen LogP contribution in [-0.2, 0) is 16.0 Å². The second kappa shape index (κ2) is 8.89. The van der Waals surface area contributed by atoms with E-state index in [1.54, 1.807) is 4.90 Å². The van der Waals surface area contributed by atoms with Gasteiger partial charge in [0, 0.05) is 32.4 Å². The quantitative estimate of drug-likeness (QED) is 0.845. The summed E-state index contributed by atoms with van der Waals surface area (Å²) in [4.78, 5) is 25.9. The molecule has 0 spiro atoms. The Morgan fingerprint density at radius 2 is 2.15 bits per heavy atom. The molecule has 1 aromatic heterocycles. The molecule has 1 aromatic carbocycles. The molecule has 0 bridgehead atoms. The molecule has 7 heteroatoms. The van der Waals surface area contributed by atoms with Gasteiger partial charge >= 0.3 is 0 Å². The molecule has 2 amide bonds. The molecule has 1 saturated heterocycles. The Bertz CT molecular complexity index is 774. The van der Waals surface area contributed by atoms with Crippen LogP contribution in [0.5, 0.6) is 0 Å². The van der Waals surface area contributed by atoms with E-state index in [1.165, 1.54) is 22.5 Å². The summed E-state index contributed by atoms with van der Waals surface area (Å²) in [7, 11) is 0. The maximum absolute atomic E-state index is 12.1. The lowest BCUT2D eigenvalue weighted by Crippen LogP contribution is -2.33. The van der Waals surface area contributed by atoms with Crippen molar-refractivity contribution in [1.29, 1.82) is 0 Å². The van der Waals surface area contributed by atoms with E-state index >= 15 is 0 Å². The first-order valence-corrected chi connectivity index (χ1v) is 9.87. The van der Waals surface area contributed by atoms with Crippen LogP contribution in [0.1, 0.15) is 48.2 Å². The summed E-state index contributed by atoms with van der Waals surface area (Å²) in [6.07, 6.45) is 4.65. The molecule has 1 aliphatic rings. The fraction of sp³-hybridized carbons (Fsp3) is 0.474. The molecule has 0 radical (unpaired) electrons. The van der Waals surface area contributed by atoms with Crippen LogP contribution in [0.3, 0.4) is 0 Å². The fourth-order valence-corrected chi connectivity index (χ4v) is 3.86. The largest absolute Gasteiger partial charge is 0.342 e. The van der Waals surface area contributed by atoms with Crippen molar-refractivity contribution in [1.82, 2.24) is 15.1 Å². The number of nitrogens with zero attached hydrogens (tertiary/aromatic N) is 3. The molecular weight excluding hydrogens is 348 g/mol. The summed E-state index contributed by atoms with van der Waals surface area (Å²) in [5, 5.41) is 12.4. The van der Waals surface area contributed by atoms with Crippen LogP contribution in [0.4, 0.5) is 5.13 Å². The van der Waals surface area contributed by atoms with Crippen LogP contribution in [0.15, 0.2) is 24.3 Å². The van der Waals surface area contributed by atoms with Crippen LogP contribution in [0.2, 0.25) is 0 Å².